The molecule has 2 rings (SSSR count). The van der Waals surface area contributed by atoms with Crippen LogP contribution in [0.25, 0.3) is 5.65 Å². The number of alkyl halides is 1. The van der Waals surface area contributed by atoms with E-state index in [1.54, 1.807) is 10.6 Å². The Kier molecular flexibility index (Phi) is 2.67. The second-order valence-corrected chi connectivity index (χ2v) is 3.77. The summed E-state index contributed by atoms with van der Waals surface area (Å²) in [6, 6.07) is 5.52. The highest BCUT2D eigenvalue weighted by atomic mass is 79.9. The molecule has 0 aromatic carbocycles. The van der Waals surface area contributed by atoms with Crippen molar-refractivity contribution >= 4 is 21.6 Å². The first-order chi connectivity index (χ1) is 6.83. The Morgan fingerprint density at radius 1 is 1.43 bits per heavy atom. The lowest BCUT2D eigenvalue weighted by molar-refractivity contribution is 0.586. The van der Waals surface area contributed by atoms with Crippen molar-refractivity contribution in [2.24, 2.45) is 0 Å². The number of hydrogen-bond acceptors (Lipinski definition) is 2. The summed E-state index contributed by atoms with van der Waals surface area (Å²) in [6.45, 7) is 0.658. The van der Waals surface area contributed by atoms with Crippen LogP contribution in [0, 0.1) is 0 Å². The zero-order chi connectivity index (χ0) is 9.97. The number of hydrogen-bond donors (Lipinski definition) is 0. The number of aromatic nitrogens is 3. The summed E-state index contributed by atoms with van der Waals surface area (Å²) in [5.74, 6) is 0. The van der Waals surface area contributed by atoms with Gasteiger partial charge < -0.3 is 0 Å². The van der Waals surface area contributed by atoms with Crippen LogP contribution in [0.3, 0.4) is 0 Å². The molecule has 0 amide bonds. The Labute approximate surface area is 89.3 Å². The Bertz CT molecular complexity index is 488. The van der Waals surface area contributed by atoms with Crippen molar-refractivity contribution in [1.82, 2.24) is 14.2 Å². The summed E-state index contributed by atoms with van der Waals surface area (Å²) >= 11 is 3.33. The maximum atomic E-state index is 11.7. The van der Waals surface area contributed by atoms with Crippen LogP contribution in [0.2, 0.25) is 0 Å². The van der Waals surface area contributed by atoms with Crippen LogP contribution in [-0.4, -0.2) is 19.5 Å². The first-order valence-electron chi connectivity index (χ1n) is 4.43. The van der Waals surface area contributed by atoms with Crippen molar-refractivity contribution in [3.8, 4) is 0 Å². The molecule has 0 spiro atoms. The SMILES string of the molecule is O=c1n(CCCBr)nc2ccccn12. The van der Waals surface area contributed by atoms with Gasteiger partial charge in [0.25, 0.3) is 0 Å². The van der Waals surface area contributed by atoms with E-state index < -0.39 is 0 Å². The molecular weight excluding hydrogens is 246 g/mol. The second kappa shape index (κ2) is 3.96. The zero-order valence-corrected chi connectivity index (χ0v) is 9.14. The third-order valence-electron chi connectivity index (χ3n) is 1.99. The van der Waals surface area contributed by atoms with E-state index in [4.69, 9.17) is 0 Å². The fourth-order valence-corrected chi connectivity index (χ4v) is 1.57. The Hall–Kier alpha value is -1.10. The number of aryl methyl sites for hydroxylation is 1. The molecule has 0 radical (unpaired) electrons. The van der Waals surface area contributed by atoms with Gasteiger partial charge in [0, 0.05) is 18.1 Å². The molecule has 0 aliphatic heterocycles. The Morgan fingerprint density at radius 2 is 2.29 bits per heavy atom. The molecule has 0 bridgehead atoms. The van der Waals surface area contributed by atoms with Gasteiger partial charge in [0.1, 0.15) is 0 Å². The minimum atomic E-state index is -0.0680. The summed E-state index contributed by atoms with van der Waals surface area (Å²) in [4.78, 5) is 11.7. The Balaban J connectivity index is 2.47. The molecule has 0 unspecified atom stereocenters. The lowest BCUT2D eigenvalue weighted by atomic mass is 10.5. The molecule has 0 saturated carbocycles. The highest BCUT2D eigenvalue weighted by Crippen LogP contribution is 1.96. The summed E-state index contributed by atoms with van der Waals surface area (Å²) in [6.07, 6.45) is 2.64. The minimum Gasteiger partial charge on any atom is -0.250 e. The third-order valence-corrected chi connectivity index (χ3v) is 2.55. The van der Waals surface area contributed by atoms with Gasteiger partial charge in [0.2, 0.25) is 0 Å². The number of halogens is 1. The smallest absolute Gasteiger partial charge is 0.250 e. The fourth-order valence-electron chi connectivity index (χ4n) is 1.32. The van der Waals surface area contributed by atoms with Gasteiger partial charge in [-0.2, -0.15) is 0 Å². The van der Waals surface area contributed by atoms with E-state index in [1.807, 2.05) is 18.2 Å². The van der Waals surface area contributed by atoms with E-state index in [9.17, 15) is 4.79 Å². The molecule has 2 aromatic rings. The largest absolute Gasteiger partial charge is 0.350 e. The van der Waals surface area contributed by atoms with Crippen LogP contribution in [-0.2, 0) is 6.54 Å². The summed E-state index contributed by atoms with van der Waals surface area (Å²) in [5, 5.41) is 5.08. The van der Waals surface area contributed by atoms with Gasteiger partial charge in [0.15, 0.2) is 5.65 Å². The predicted molar refractivity (Wildman–Crippen MR) is 57.9 cm³/mol. The maximum Gasteiger partial charge on any atom is 0.350 e. The average Bonchev–Trinajstić information content (AvgIpc) is 2.54. The monoisotopic (exact) mass is 255 g/mol. The number of rotatable bonds is 3. The summed E-state index contributed by atoms with van der Waals surface area (Å²) in [5.41, 5.74) is 0.633. The molecular formula is C9H10BrN3O. The van der Waals surface area contributed by atoms with E-state index in [0.717, 1.165) is 11.8 Å². The van der Waals surface area contributed by atoms with Gasteiger partial charge in [-0.25, -0.2) is 9.48 Å². The van der Waals surface area contributed by atoms with Crippen LogP contribution in [0.5, 0.6) is 0 Å². The molecule has 74 valence electrons. The van der Waals surface area contributed by atoms with Crippen molar-refractivity contribution in [2.75, 3.05) is 5.33 Å². The van der Waals surface area contributed by atoms with Crippen LogP contribution in [0.4, 0.5) is 0 Å². The molecule has 4 nitrogen and oxygen atoms in total. The van der Waals surface area contributed by atoms with Gasteiger partial charge in [-0.3, -0.25) is 4.40 Å². The lowest BCUT2D eigenvalue weighted by Gasteiger charge is -1.93. The highest BCUT2D eigenvalue weighted by Gasteiger charge is 2.03. The standard InChI is InChI=1S/C9H10BrN3O/c10-5-3-7-13-9(14)12-6-2-1-4-8(12)11-13/h1-2,4,6H,3,5,7H2. The zero-order valence-electron chi connectivity index (χ0n) is 7.56. The number of nitrogens with zero attached hydrogens (tertiary/aromatic N) is 3. The molecule has 0 fully saturated rings. The molecule has 0 saturated heterocycles. The quantitative estimate of drug-likeness (QED) is 0.776. The normalized spacial score (nSPS) is 10.9. The van der Waals surface area contributed by atoms with Crippen LogP contribution in [0.15, 0.2) is 29.2 Å². The topological polar surface area (TPSA) is 39.3 Å². The van der Waals surface area contributed by atoms with E-state index in [-0.39, 0.29) is 5.69 Å². The molecule has 5 heteroatoms. The van der Waals surface area contributed by atoms with Crippen molar-refractivity contribution < 1.29 is 0 Å². The molecule has 0 aliphatic rings. The van der Waals surface area contributed by atoms with Gasteiger partial charge in [-0.1, -0.05) is 22.0 Å². The van der Waals surface area contributed by atoms with Crippen molar-refractivity contribution in [3.05, 3.63) is 34.9 Å². The summed E-state index contributed by atoms with van der Waals surface area (Å²) in [7, 11) is 0. The van der Waals surface area contributed by atoms with Crippen molar-refractivity contribution in [2.45, 2.75) is 13.0 Å². The van der Waals surface area contributed by atoms with Crippen LogP contribution >= 0.6 is 15.9 Å². The fraction of sp³-hybridized carbons (Fsp3) is 0.333. The number of fused-ring (bicyclic) bond motifs is 1. The number of pyridine rings is 1. The van der Waals surface area contributed by atoms with Crippen molar-refractivity contribution in [3.63, 3.8) is 0 Å². The van der Waals surface area contributed by atoms with Gasteiger partial charge >= 0.3 is 5.69 Å². The summed E-state index contributed by atoms with van der Waals surface area (Å²) < 4.78 is 3.05. The third kappa shape index (κ3) is 1.59. The highest BCUT2D eigenvalue weighted by molar-refractivity contribution is 9.09. The van der Waals surface area contributed by atoms with E-state index in [1.165, 1.54) is 4.68 Å². The average molecular weight is 256 g/mol. The molecule has 2 aromatic heterocycles. The van der Waals surface area contributed by atoms with Gasteiger partial charge in [-0.05, 0) is 18.6 Å². The van der Waals surface area contributed by atoms with Gasteiger partial charge in [-0.15, -0.1) is 5.10 Å². The molecule has 0 aliphatic carbocycles. The minimum absolute atomic E-state index is 0.0680. The van der Waals surface area contributed by atoms with E-state index in [0.29, 0.717) is 12.2 Å². The van der Waals surface area contributed by atoms with Crippen LogP contribution < -0.4 is 5.69 Å². The van der Waals surface area contributed by atoms with Gasteiger partial charge in [0.05, 0.1) is 0 Å². The first-order valence-corrected chi connectivity index (χ1v) is 5.55. The van der Waals surface area contributed by atoms with Crippen LogP contribution in [0.1, 0.15) is 6.42 Å². The van der Waals surface area contributed by atoms with E-state index in [2.05, 4.69) is 21.0 Å². The molecule has 0 atom stereocenters. The first kappa shape index (κ1) is 9.45. The molecule has 14 heavy (non-hydrogen) atoms. The molecule has 2 heterocycles. The Morgan fingerprint density at radius 3 is 3.00 bits per heavy atom. The predicted octanol–water partition coefficient (Wildman–Crippen LogP) is 1.28. The van der Waals surface area contributed by atoms with Crippen molar-refractivity contribution in [1.29, 1.82) is 0 Å². The molecule has 0 N–H and O–H groups in total. The lowest BCUT2D eigenvalue weighted by Crippen LogP contribution is -2.21. The van der Waals surface area contributed by atoms with E-state index >= 15 is 0 Å². The maximum absolute atomic E-state index is 11.7. The second-order valence-electron chi connectivity index (χ2n) is 2.98.